The van der Waals surface area contributed by atoms with E-state index in [-0.39, 0.29) is 11.0 Å². The minimum absolute atomic E-state index is 0. The molecular weight excluding hydrogens is 78.0 g/mol. The van der Waals surface area contributed by atoms with E-state index >= 15 is 0 Å². The first-order valence-corrected chi connectivity index (χ1v) is 0.655. The lowest BCUT2D eigenvalue weighted by atomic mass is 16.0. The molecule has 26 valence electrons. The maximum atomic E-state index is 9.42. The molecule has 2 radical (unpaired) electrons. The Morgan fingerprint density at radius 3 is 1.00 bits per heavy atom. The highest BCUT2D eigenvalue weighted by atomic mass is 27.1. The van der Waals surface area contributed by atoms with Crippen molar-refractivity contribution in [3.05, 3.63) is 0 Å². The van der Waals surface area contributed by atoms with Gasteiger partial charge in [-0.05, 0) is 0 Å². The van der Waals surface area contributed by atoms with Crippen molar-refractivity contribution in [2.75, 3.05) is 0 Å². The summed E-state index contributed by atoms with van der Waals surface area (Å²) in [5, 5.41) is 0. The van der Waals surface area contributed by atoms with Crippen LogP contribution in [0.1, 0.15) is 0 Å². The monoisotopic (exact) mass is 82.0 g/mol. The highest BCUT2D eigenvalue weighted by Gasteiger charge is 1.10. The molecule has 0 atom stereocenters. The standard InChI is InChI=1S/Al.FH.2H2O/h;1H;2*1H2/q+1;;;/p-1. The Morgan fingerprint density at radius 1 is 1.00 bits per heavy atom. The lowest BCUT2D eigenvalue weighted by Gasteiger charge is -1.10. The van der Waals surface area contributed by atoms with E-state index in [1.54, 1.807) is 0 Å². The molecule has 0 heterocycles. The second kappa shape index (κ2) is 131. The zero-order valence-corrected chi connectivity index (χ0v) is 3.11. The number of hydrogen-bond acceptors (Lipinski definition) is 0. The molecule has 0 aromatic rings. The zero-order valence-electron chi connectivity index (χ0n) is 1.96. The fraction of sp³-hybridized carbons (Fsp3) is 0. The molecule has 4 heteroatoms. The fourth-order valence-electron chi connectivity index (χ4n) is 0. The fourth-order valence-corrected chi connectivity index (χ4v) is 0. The van der Waals surface area contributed by atoms with Gasteiger partial charge in [-0.2, -0.15) is 0 Å². The lowest BCUT2D eigenvalue weighted by molar-refractivity contribution is 0.823. The third-order valence-electron chi connectivity index (χ3n) is 0. The molecule has 0 saturated carbocycles. The Kier molecular flexibility index (Phi) is 861. The molecular formula is H4AlFO2. The van der Waals surface area contributed by atoms with Crippen molar-refractivity contribution in [3.63, 3.8) is 0 Å². The van der Waals surface area contributed by atoms with Crippen molar-refractivity contribution in [2.45, 2.75) is 0 Å². The van der Waals surface area contributed by atoms with E-state index in [0.717, 1.165) is 16.7 Å². The van der Waals surface area contributed by atoms with E-state index < -0.39 is 0 Å². The molecule has 0 aromatic carbocycles. The quantitative estimate of drug-likeness (QED) is 0.315. The third kappa shape index (κ3) is 31.1. The number of hydrogen-bond donors (Lipinski definition) is 0. The minimum Gasteiger partial charge on any atom is -0.447 e. The van der Waals surface area contributed by atoms with E-state index in [9.17, 15) is 3.52 Å². The second-order valence-electron chi connectivity index (χ2n) is 0. The first-order chi connectivity index (χ1) is 1.00. The van der Waals surface area contributed by atoms with Gasteiger partial charge in [-0.3, -0.25) is 0 Å². The summed E-state index contributed by atoms with van der Waals surface area (Å²) in [6.45, 7) is 0. The van der Waals surface area contributed by atoms with Crippen LogP contribution in [0.4, 0.5) is 3.52 Å². The molecule has 0 saturated heterocycles. The Morgan fingerprint density at radius 2 is 1.00 bits per heavy atom. The number of rotatable bonds is 0. The van der Waals surface area contributed by atoms with Gasteiger partial charge in [0.1, 0.15) is 0 Å². The van der Waals surface area contributed by atoms with Crippen LogP contribution < -0.4 is 0 Å². The van der Waals surface area contributed by atoms with Gasteiger partial charge in [-0.15, -0.1) is 0 Å². The highest BCUT2D eigenvalue weighted by Crippen LogP contribution is 1.10. The first kappa shape index (κ1) is 26.2. The molecule has 0 aliphatic rings. The SMILES string of the molecule is O.O.[F][Al]. The lowest BCUT2D eigenvalue weighted by Crippen LogP contribution is -1.06. The predicted molar refractivity (Wildman–Crippen MR) is 14.1 cm³/mol. The van der Waals surface area contributed by atoms with Crippen molar-refractivity contribution < 1.29 is 14.5 Å². The largest absolute Gasteiger partial charge is 0.447 e. The van der Waals surface area contributed by atoms with E-state index in [0.29, 0.717) is 0 Å². The molecule has 0 rings (SSSR count). The Balaban J connectivity index is -0.00000000500. The van der Waals surface area contributed by atoms with E-state index in [1.165, 1.54) is 0 Å². The number of halogens is 1. The molecule has 4 heavy (non-hydrogen) atoms. The molecule has 0 unspecified atom stereocenters. The van der Waals surface area contributed by atoms with Crippen LogP contribution in [0.2, 0.25) is 0 Å². The van der Waals surface area contributed by atoms with Gasteiger partial charge < -0.3 is 14.5 Å². The maximum absolute atomic E-state index is 9.42. The van der Waals surface area contributed by atoms with Crippen LogP contribution in [-0.4, -0.2) is 27.7 Å². The van der Waals surface area contributed by atoms with Gasteiger partial charge in [0, 0.05) is 0 Å². The maximum Gasteiger partial charge on any atom is 0.447 e. The smallest absolute Gasteiger partial charge is 0.447 e. The van der Waals surface area contributed by atoms with Gasteiger partial charge in [0.15, 0.2) is 0 Å². The van der Waals surface area contributed by atoms with Crippen molar-refractivity contribution >= 4 is 16.7 Å². The summed E-state index contributed by atoms with van der Waals surface area (Å²) in [6, 6.07) is 0. The predicted octanol–water partition coefficient (Wildman–Crippen LogP) is -1.61. The minimum atomic E-state index is 0. The Hall–Kier alpha value is 0.382. The molecule has 0 bridgehead atoms. The summed E-state index contributed by atoms with van der Waals surface area (Å²) in [5.74, 6) is 0. The average molecular weight is 82.0 g/mol. The molecule has 0 aromatic heterocycles. The summed E-state index contributed by atoms with van der Waals surface area (Å²) in [5.41, 5.74) is 0. The Labute approximate surface area is 32.1 Å². The van der Waals surface area contributed by atoms with Crippen molar-refractivity contribution in [1.82, 2.24) is 0 Å². The first-order valence-electron chi connectivity index (χ1n) is 0.218. The summed E-state index contributed by atoms with van der Waals surface area (Å²) < 4.78 is 9.42. The molecule has 0 spiro atoms. The summed E-state index contributed by atoms with van der Waals surface area (Å²) >= 11 is 0.917. The second-order valence-corrected chi connectivity index (χ2v) is 0. The van der Waals surface area contributed by atoms with E-state index in [1.807, 2.05) is 0 Å². The zero-order chi connectivity index (χ0) is 2.00. The van der Waals surface area contributed by atoms with E-state index in [4.69, 9.17) is 0 Å². The molecule has 4 N–H and O–H groups in total. The summed E-state index contributed by atoms with van der Waals surface area (Å²) in [7, 11) is 0. The molecule has 2 nitrogen and oxygen atoms in total. The topological polar surface area (TPSA) is 63.0 Å². The summed E-state index contributed by atoms with van der Waals surface area (Å²) in [6.07, 6.45) is 0. The van der Waals surface area contributed by atoms with E-state index in [2.05, 4.69) is 0 Å². The van der Waals surface area contributed by atoms with Crippen LogP contribution in [0.25, 0.3) is 0 Å². The Bertz CT molecular complexity index is 6.00. The van der Waals surface area contributed by atoms with Crippen molar-refractivity contribution in [1.29, 1.82) is 0 Å². The van der Waals surface area contributed by atoms with Gasteiger partial charge in [0.2, 0.25) is 0 Å². The molecule has 0 amide bonds. The summed E-state index contributed by atoms with van der Waals surface area (Å²) in [4.78, 5) is 0. The highest BCUT2D eigenvalue weighted by molar-refractivity contribution is 5.96. The van der Waals surface area contributed by atoms with Gasteiger partial charge in [-0.25, -0.2) is 0 Å². The van der Waals surface area contributed by atoms with Crippen molar-refractivity contribution in [3.8, 4) is 0 Å². The van der Waals surface area contributed by atoms with Gasteiger partial charge in [0.25, 0.3) is 0 Å². The van der Waals surface area contributed by atoms with Gasteiger partial charge in [0.05, 0.1) is 0 Å². The van der Waals surface area contributed by atoms with Crippen LogP contribution in [-0.2, 0) is 0 Å². The van der Waals surface area contributed by atoms with Crippen LogP contribution in [0.5, 0.6) is 0 Å². The van der Waals surface area contributed by atoms with Crippen LogP contribution in [0, 0.1) is 0 Å². The van der Waals surface area contributed by atoms with Crippen LogP contribution in [0.15, 0.2) is 0 Å². The molecule has 0 fully saturated rings. The van der Waals surface area contributed by atoms with Gasteiger partial charge >= 0.3 is 16.7 Å². The van der Waals surface area contributed by atoms with Gasteiger partial charge in [-0.1, -0.05) is 0 Å². The normalized spacial score (nSPS) is 1.25. The average Bonchev–Trinajstić information content (AvgIpc) is 1.00. The molecule has 0 aliphatic carbocycles. The third-order valence-corrected chi connectivity index (χ3v) is 0. The van der Waals surface area contributed by atoms with Crippen LogP contribution in [0.3, 0.4) is 0 Å². The van der Waals surface area contributed by atoms with Crippen LogP contribution >= 0.6 is 0 Å². The molecule has 0 aliphatic heterocycles. The van der Waals surface area contributed by atoms with Crippen molar-refractivity contribution in [2.24, 2.45) is 0 Å².